The number of hydrogen-bond donors (Lipinski definition) is 2. The first-order valence-electron chi connectivity index (χ1n) is 7.99. The molecule has 0 spiro atoms. The van der Waals surface area contributed by atoms with Gasteiger partial charge in [-0.2, -0.15) is 0 Å². The minimum Gasteiger partial charge on any atom is -0.396 e. The van der Waals surface area contributed by atoms with Gasteiger partial charge in [0.05, 0.1) is 17.4 Å². The maximum absolute atomic E-state index is 12.8. The fourth-order valence-corrected chi connectivity index (χ4v) is 3.46. The summed E-state index contributed by atoms with van der Waals surface area (Å²) in [4.78, 5) is 25.9. The van der Waals surface area contributed by atoms with Crippen molar-refractivity contribution in [3.05, 3.63) is 60.2 Å². The molecule has 1 aliphatic heterocycles. The van der Waals surface area contributed by atoms with Crippen LogP contribution in [0.5, 0.6) is 0 Å². The molecule has 1 aliphatic rings. The molecule has 4 rings (SSSR count). The first kappa shape index (κ1) is 14.8. The highest BCUT2D eigenvalue weighted by Crippen LogP contribution is 2.33. The van der Waals surface area contributed by atoms with Crippen LogP contribution in [0.25, 0.3) is 11.0 Å². The zero-order chi connectivity index (χ0) is 16.5. The highest BCUT2D eigenvalue weighted by Gasteiger charge is 2.36. The number of nitrogens with zero attached hydrogens (tertiary/aromatic N) is 3. The van der Waals surface area contributed by atoms with Crippen molar-refractivity contribution in [1.82, 2.24) is 19.9 Å². The van der Waals surface area contributed by atoms with Crippen LogP contribution in [0.1, 0.15) is 21.8 Å². The Morgan fingerprint density at radius 3 is 2.88 bits per heavy atom. The predicted molar refractivity (Wildman–Crippen MR) is 89.6 cm³/mol. The number of aromatic nitrogens is 3. The van der Waals surface area contributed by atoms with E-state index in [1.54, 1.807) is 24.8 Å². The van der Waals surface area contributed by atoms with Gasteiger partial charge in [0.1, 0.15) is 0 Å². The van der Waals surface area contributed by atoms with Crippen molar-refractivity contribution in [1.29, 1.82) is 0 Å². The molecule has 0 bridgehead atoms. The van der Waals surface area contributed by atoms with E-state index in [0.717, 1.165) is 16.6 Å². The maximum atomic E-state index is 12.8. The smallest absolute Gasteiger partial charge is 0.253 e. The van der Waals surface area contributed by atoms with Gasteiger partial charge < -0.3 is 15.0 Å². The van der Waals surface area contributed by atoms with Gasteiger partial charge in [-0.15, -0.1) is 0 Å². The van der Waals surface area contributed by atoms with Crippen LogP contribution >= 0.6 is 0 Å². The topological polar surface area (TPSA) is 82.1 Å². The molecule has 3 aromatic rings. The average Bonchev–Trinajstić information content (AvgIpc) is 3.27. The van der Waals surface area contributed by atoms with Crippen LogP contribution in [-0.4, -0.2) is 50.6 Å². The second kappa shape index (κ2) is 6.05. The number of pyridine rings is 1. The van der Waals surface area contributed by atoms with E-state index >= 15 is 0 Å². The number of rotatable bonds is 3. The molecule has 2 atom stereocenters. The zero-order valence-corrected chi connectivity index (χ0v) is 13.1. The molecule has 1 saturated heterocycles. The number of H-pyrrole nitrogens is 1. The standard InChI is InChI=1S/C18H18N4O2/c23-10-14-8-22(9-15(14)12-3-5-19-6-4-12)18(24)13-1-2-16-17(7-13)21-11-20-16/h1-7,11,14-15,23H,8-10H2,(H,20,21)/t14-,15-/m0/s1. The van der Waals surface area contributed by atoms with Crippen molar-refractivity contribution in [2.45, 2.75) is 5.92 Å². The molecular formula is C18H18N4O2. The van der Waals surface area contributed by atoms with Crippen molar-refractivity contribution >= 4 is 16.9 Å². The monoisotopic (exact) mass is 322 g/mol. The van der Waals surface area contributed by atoms with Gasteiger partial charge in [-0.3, -0.25) is 9.78 Å². The molecule has 122 valence electrons. The molecule has 0 aliphatic carbocycles. The number of imidazole rings is 1. The first-order valence-corrected chi connectivity index (χ1v) is 7.99. The summed E-state index contributed by atoms with van der Waals surface area (Å²) in [5.74, 6) is 0.173. The molecule has 2 N–H and O–H groups in total. The Balaban J connectivity index is 1.59. The number of nitrogens with one attached hydrogen (secondary N) is 1. The Morgan fingerprint density at radius 1 is 1.25 bits per heavy atom. The van der Waals surface area contributed by atoms with Gasteiger partial charge in [-0.25, -0.2) is 4.98 Å². The van der Waals surface area contributed by atoms with Gasteiger partial charge in [0.15, 0.2) is 0 Å². The molecule has 6 heteroatoms. The number of benzene rings is 1. The van der Waals surface area contributed by atoms with Crippen molar-refractivity contribution in [3.63, 3.8) is 0 Å². The summed E-state index contributed by atoms with van der Waals surface area (Å²) < 4.78 is 0. The molecule has 2 aromatic heterocycles. The van der Waals surface area contributed by atoms with E-state index in [1.807, 2.05) is 29.2 Å². The third-order valence-corrected chi connectivity index (χ3v) is 4.76. The van der Waals surface area contributed by atoms with Gasteiger partial charge in [0.2, 0.25) is 0 Å². The molecule has 24 heavy (non-hydrogen) atoms. The van der Waals surface area contributed by atoms with Crippen molar-refractivity contribution in [3.8, 4) is 0 Å². The second-order valence-corrected chi connectivity index (χ2v) is 6.17. The third-order valence-electron chi connectivity index (χ3n) is 4.76. The van der Waals surface area contributed by atoms with Crippen molar-refractivity contribution < 1.29 is 9.90 Å². The maximum Gasteiger partial charge on any atom is 0.253 e. The Morgan fingerprint density at radius 2 is 2.08 bits per heavy atom. The molecule has 0 saturated carbocycles. The lowest BCUT2D eigenvalue weighted by atomic mass is 9.90. The second-order valence-electron chi connectivity index (χ2n) is 6.17. The number of fused-ring (bicyclic) bond motifs is 1. The number of hydrogen-bond acceptors (Lipinski definition) is 4. The first-order chi connectivity index (χ1) is 11.8. The summed E-state index contributed by atoms with van der Waals surface area (Å²) in [6, 6.07) is 9.40. The Kier molecular flexibility index (Phi) is 3.74. The normalized spacial score (nSPS) is 20.6. The summed E-state index contributed by atoms with van der Waals surface area (Å²) >= 11 is 0. The quantitative estimate of drug-likeness (QED) is 0.770. The third kappa shape index (κ3) is 2.55. The van der Waals surface area contributed by atoms with Gasteiger partial charge in [0.25, 0.3) is 5.91 Å². The number of aliphatic hydroxyl groups excluding tert-OH is 1. The SMILES string of the molecule is O=C(c1ccc2nc[nH]c2c1)N1C[C@@H](CO)[C@H](c2ccncc2)C1. The molecule has 1 aromatic carbocycles. The number of aromatic amines is 1. The number of carbonyl (C=O) groups is 1. The lowest BCUT2D eigenvalue weighted by Crippen LogP contribution is -2.29. The van der Waals surface area contributed by atoms with Gasteiger partial charge in [-0.05, 0) is 35.9 Å². The zero-order valence-electron chi connectivity index (χ0n) is 13.1. The summed E-state index contributed by atoms with van der Waals surface area (Å²) in [5, 5.41) is 9.71. The molecular weight excluding hydrogens is 304 g/mol. The van der Waals surface area contributed by atoms with Crippen LogP contribution in [0.15, 0.2) is 49.1 Å². The summed E-state index contributed by atoms with van der Waals surface area (Å²) in [7, 11) is 0. The van der Waals surface area contributed by atoms with Crippen LogP contribution in [0.3, 0.4) is 0 Å². The molecule has 0 unspecified atom stereocenters. The number of amides is 1. The van der Waals surface area contributed by atoms with E-state index in [2.05, 4.69) is 15.0 Å². The average molecular weight is 322 g/mol. The van der Waals surface area contributed by atoms with E-state index in [-0.39, 0.29) is 24.3 Å². The molecule has 1 fully saturated rings. The van der Waals surface area contributed by atoms with E-state index in [4.69, 9.17) is 0 Å². The van der Waals surface area contributed by atoms with Crippen molar-refractivity contribution in [2.75, 3.05) is 19.7 Å². The molecule has 6 nitrogen and oxygen atoms in total. The summed E-state index contributed by atoms with van der Waals surface area (Å²) in [5.41, 5.74) is 3.45. The van der Waals surface area contributed by atoms with Crippen LogP contribution in [-0.2, 0) is 0 Å². The Bertz CT molecular complexity index is 862. The molecule has 3 heterocycles. The molecule has 1 amide bonds. The van der Waals surface area contributed by atoms with Gasteiger partial charge in [0, 0.05) is 49.5 Å². The lowest BCUT2D eigenvalue weighted by Gasteiger charge is -2.16. The van der Waals surface area contributed by atoms with Gasteiger partial charge >= 0.3 is 0 Å². The predicted octanol–water partition coefficient (Wildman–Crippen LogP) is 1.81. The fraction of sp³-hybridized carbons (Fsp3) is 0.278. The fourth-order valence-electron chi connectivity index (χ4n) is 3.46. The van der Waals surface area contributed by atoms with E-state index < -0.39 is 0 Å². The minimum atomic E-state index is -0.0125. The lowest BCUT2D eigenvalue weighted by molar-refractivity contribution is 0.0781. The number of carbonyl (C=O) groups excluding carboxylic acids is 1. The number of aliphatic hydroxyl groups is 1. The van der Waals surface area contributed by atoms with Crippen LogP contribution < -0.4 is 0 Å². The molecule has 0 radical (unpaired) electrons. The Hall–Kier alpha value is -2.73. The highest BCUT2D eigenvalue weighted by molar-refractivity contribution is 5.97. The minimum absolute atomic E-state index is 0.0125. The van der Waals surface area contributed by atoms with Crippen molar-refractivity contribution in [2.24, 2.45) is 5.92 Å². The van der Waals surface area contributed by atoms with Crippen LogP contribution in [0.2, 0.25) is 0 Å². The van der Waals surface area contributed by atoms with Crippen LogP contribution in [0, 0.1) is 5.92 Å². The largest absolute Gasteiger partial charge is 0.396 e. The summed E-state index contributed by atoms with van der Waals surface area (Å²) in [6.07, 6.45) is 5.12. The highest BCUT2D eigenvalue weighted by atomic mass is 16.3. The van der Waals surface area contributed by atoms with Crippen LogP contribution in [0.4, 0.5) is 0 Å². The van der Waals surface area contributed by atoms with E-state index in [9.17, 15) is 9.90 Å². The number of likely N-dealkylation sites (tertiary alicyclic amines) is 1. The van der Waals surface area contributed by atoms with E-state index in [1.165, 1.54) is 0 Å². The summed E-state index contributed by atoms with van der Waals surface area (Å²) in [6.45, 7) is 1.23. The van der Waals surface area contributed by atoms with Gasteiger partial charge in [-0.1, -0.05) is 0 Å². The van der Waals surface area contributed by atoms with E-state index in [0.29, 0.717) is 18.7 Å². The Labute approximate surface area is 139 Å².